The van der Waals surface area contributed by atoms with Crippen LogP contribution in [0, 0.1) is 5.92 Å². The van der Waals surface area contributed by atoms with E-state index in [0.29, 0.717) is 0 Å². The maximum atomic E-state index is 11.9. The molecule has 3 heteroatoms. The molecule has 0 heterocycles. The molecule has 0 atom stereocenters. The second kappa shape index (κ2) is 5.21. The van der Waals surface area contributed by atoms with Crippen LogP contribution in [-0.4, -0.2) is 19.5 Å². The van der Waals surface area contributed by atoms with Crippen LogP contribution in [-0.2, 0) is 4.79 Å². The molecule has 0 saturated heterocycles. The molecule has 0 aromatic heterocycles. The lowest BCUT2D eigenvalue weighted by Crippen LogP contribution is -2.29. The van der Waals surface area contributed by atoms with Gasteiger partial charge in [-0.3, -0.25) is 4.79 Å². The average molecular weight is 232 g/mol. The van der Waals surface area contributed by atoms with E-state index >= 15 is 0 Å². The Morgan fingerprint density at radius 1 is 1.41 bits per heavy atom. The van der Waals surface area contributed by atoms with E-state index < -0.39 is 0 Å². The molecule has 1 amide bonds. The maximum absolute atomic E-state index is 11.9. The van der Waals surface area contributed by atoms with Crippen molar-refractivity contribution in [1.82, 2.24) is 0 Å². The van der Waals surface area contributed by atoms with Crippen molar-refractivity contribution in [3.8, 4) is 0 Å². The summed E-state index contributed by atoms with van der Waals surface area (Å²) < 4.78 is 0. The second-order valence-corrected chi connectivity index (χ2v) is 4.65. The van der Waals surface area contributed by atoms with Gasteiger partial charge in [-0.15, -0.1) is 0 Å². The van der Waals surface area contributed by atoms with E-state index in [1.54, 1.807) is 0 Å². The van der Waals surface area contributed by atoms with Crippen molar-refractivity contribution in [2.75, 3.05) is 23.8 Å². The largest absolute Gasteiger partial charge is 0.373 e. The Morgan fingerprint density at radius 3 is 2.71 bits per heavy atom. The molecule has 2 rings (SSSR count). The number of anilines is 2. The minimum absolute atomic E-state index is 0.174. The van der Waals surface area contributed by atoms with Crippen molar-refractivity contribution in [1.29, 1.82) is 0 Å². The minimum Gasteiger partial charge on any atom is -0.373 e. The summed E-state index contributed by atoms with van der Waals surface area (Å²) in [4.78, 5) is 14.1. The zero-order valence-electron chi connectivity index (χ0n) is 10.6. The average Bonchev–Trinajstić information content (AvgIpc) is 2.26. The van der Waals surface area contributed by atoms with E-state index in [-0.39, 0.29) is 11.8 Å². The Bertz CT molecular complexity index is 399. The topological polar surface area (TPSA) is 32.3 Å². The fourth-order valence-corrected chi connectivity index (χ4v) is 1.99. The highest BCUT2D eigenvalue weighted by molar-refractivity contribution is 5.96. The van der Waals surface area contributed by atoms with Crippen LogP contribution in [0.1, 0.15) is 26.2 Å². The minimum atomic E-state index is 0.174. The van der Waals surface area contributed by atoms with Crippen LogP contribution in [0.2, 0.25) is 0 Å². The lowest BCUT2D eigenvalue weighted by molar-refractivity contribution is -0.122. The number of para-hydroxylation sites is 2. The van der Waals surface area contributed by atoms with Crippen molar-refractivity contribution in [3.05, 3.63) is 24.3 Å². The molecule has 17 heavy (non-hydrogen) atoms. The molecule has 1 aromatic rings. The van der Waals surface area contributed by atoms with Gasteiger partial charge in [-0.2, -0.15) is 0 Å². The predicted octanol–water partition coefficient (Wildman–Crippen LogP) is 2.88. The third kappa shape index (κ3) is 2.60. The molecule has 0 radical (unpaired) electrons. The number of carbonyl (C=O) groups excluding carboxylic acids is 1. The fraction of sp³-hybridized carbons (Fsp3) is 0.500. The quantitative estimate of drug-likeness (QED) is 0.865. The number of hydrogen-bond donors (Lipinski definition) is 1. The summed E-state index contributed by atoms with van der Waals surface area (Å²) in [5.41, 5.74) is 2.01. The highest BCUT2D eigenvalue weighted by atomic mass is 16.1. The number of amides is 1. The van der Waals surface area contributed by atoms with Gasteiger partial charge in [-0.25, -0.2) is 0 Å². The molecular weight excluding hydrogens is 212 g/mol. The number of rotatable bonds is 4. The number of nitrogens with zero attached hydrogens (tertiary/aromatic N) is 1. The van der Waals surface area contributed by atoms with Crippen LogP contribution in [0.4, 0.5) is 11.4 Å². The van der Waals surface area contributed by atoms with Crippen molar-refractivity contribution < 1.29 is 4.79 Å². The van der Waals surface area contributed by atoms with Gasteiger partial charge in [-0.1, -0.05) is 18.6 Å². The van der Waals surface area contributed by atoms with Crippen molar-refractivity contribution in [2.45, 2.75) is 26.2 Å². The molecule has 0 aliphatic heterocycles. The highest BCUT2D eigenvalue weighted by Crippen LogP contribution is 2.30. The Labute approximate surface area is 103 Å². The van der Waals surface area contributed by atoms with Crippen LogP contribution < -0.4 is 10.2 Å². The first-order chi connectivity index (χ1) is 8.22. The lowest BCUT2D eigenvalue weighted by atomic mass is 9.85. The Balaban J connectivity index is 2.11. The summed E-state index contributed by atoms with van der Waals surface area (Å²) in [7, 11) is 2.04. The predicted molar refractivity (Wildman–Crippen MR) is 71.4 cm³/mol. The molecular formula is C14H20N2O. The van der Waals surface area contributed by atoms with E-state index in [4.69, 9.17) is 0 Å². The van der Waals surface area contributed by atoms with Crippen LogP contribution in [0.25, 0.3) is 0 Å². The monoisotopic (exact) mass is 232 g/mol. The van der Waals surface area contributed by atoms with Crippen LogP contribution in [0.15, 0.2) is 24.3 Å². The summed E-state index contributed by atoms with van der Waals surface area (Å²) in [5, 5.41) is 3.05. The summed E-state index contributed by atoms with van der Waals surface area (Å²) in [6.45, 7) is 3.03. The number of nitrogens with one attached hydrogen (secondary N) is 1. The van der Waals surface area contributed by atoms with Gasteiger partial charge in [0.15, 0.2) is 0 Å². The van der Waals surface area contributed by atoms with Crippen LogP contribution in [0.5, 0.6) is 0 Å². The lowest BCUT2D eigenvalue weighted by Gasteiger charge is -2.26. The van der Waals surface area contributed by atoms with Gasteiger partial charge in [-0.05, 0) is 31.9 Å². The molecule has 0 unspecified atom stereocenters. The smallest absolute Gasteiger partial charge is 0.227 e. The van der Waals surface area contributed by atoms with E-state index in [1.165, 1.54) is 6.42 Å². The summed E-state index contributed by atoms with van der Waals surface area (Å²) >= 11 is 0. The summed E-state index contributed by atoms with van der Waals surface area (Å²) in [6, 6.07) is 7.97. The van der Waals surface area contributed by atoms with Gasteiger partial charge in [0.1, 0.15) is 0 Å². The first-order valence-corrected chi connectivity index (χ1v) is 6.33. The first kappa shape index (κ1) is 12.0. The molecule has 0 spiro atoms. The maximum Gasteiger partial charge on any atom is 0.227 e. The van der Waals surface area contributed by atoms with Crippen LogP contribution >= 0.6 is 0 Å². The van der Waals surface area contributed by atoms with E-state index in [9.17, 15) is 4.79 Å². The van der Waals surface area contributed by atoms with Gasteiger partial charge >= 0.3 is 0 Å². The summed E-state index contributed by atoms with van der Waals surface area (Å²) in [6.07, 6.45) is 3.27. The van der Waals surface area contributed by atoms with Gasteiger partial charge < -0.3 is 10.2 Å². The van der Waals surface area contributed by atoms with E-state index in [0.717, 1.165) is 30.8 Å². The van der Waals surface area contributed by atoms with Gasteiger partial charge in [0.25, 0.3) is 0 Å². The molecule has 1 aliphatic rings. The van der Waals surface area contributed by atoms with E-state index in [1.807, 2.05) is 31.3 Å². The molecule has 1 aliphatic carbocycles. The highest BCUT2D eigenvalue weighted by Gasteiger charge is 2.25. The Hall–Kier alpha value is -1.51. The number of carbonyl (C=O) groups is 1. The molecule has 1 aromatic carbocycles. The fourth-order valence-electron chi connectivity index (χ4n) is 1.99. The van der Waals surface area contributed by atoms with Crippen molar-refractivity contribution >= 4 is 17.3 Å². The molecule has 3 nitrogen and oxygen atoms in total. The van der Waals surface area contributed by atoms with Gasteiger partial charge in [0.2, 0.25) is 5.91 Å². The first-order valence-electron chi connectivity index (χ1n) is 6.33. The summed E-state index contributed by atoms with van der Waals surface area (Å²) in [5.74, 6) is 0.406. The molecule has 92 valence electrons. The zero-order valence-corrected chi connectivity index (χ0v) is 10.6. The molecule has 1 N–H and O–H groups in total. The zero-order chi connectivity index (χ0) is 12.3. The number of hydrogen-bond acceptors (Lipinski definition) is 2. The molecule has 1 saturated carbocycles. The van der Waals surface area contributed by atoms with Gasteiger partial charge in [0, 0.05) is 19.5 Å². The molecule has 0 bridgehead atoms. The third-order valence-corrected chi connectivity index (χ3v) is 3.52. The van der Waals surface area contributed by atoms with Gasteiger partial charge in [0.05, 0.1) is 11.4 Å². The van der Waals surface area contributed by atoms with E-state index in [2.05, 4.69) is 17.1 Å². The SMILES string of the molecule is CCN(C)c1ccccc1NC(=O)C1CCC1. The standard InChI is InChI=1S/C14H20N2O/c1-3-16(2)13-10-5-4-9-12(13)15-14(17)11-7-6-8-11/h4-5,9-11H,3,6-8H2,1-2H3,(H,15,17). The second-order valence-electron chi connectivity index (χ2n) is 4.65. The van der Waals surface area contributed by atoms with Crippen molar-refractivity contribution in [2.24, 2.45) is 5.92 Å². The Morgan fingerprint density at radius 2 is 2.12 bits per heavy atom. The number of benzene rings is 1. The van der Waals surface area contributed by atoms with Crippen molar-refractivity contribution in [3.63, 3.8) is 0 Å². The normalized spacial score (nSPS) is 15.2. The Kier molecular flexibility index (Phi) is 3.67. The third-order valence-electron chi connectivity index (χ3n) is 3.52. The molecule has 1 fully saturated rings. The van der Waals surface area contributed by atoms with Crippen LogP contribution in [0.3, 0.4) is 0 Å².